The van der Waals surface area contributed by atoms with Crippen molar-refractivity contribution in [2.24, 2.45) is 0 Å². The third-order valence-corrected chi connectivity index (χ3v) is 5.15. The van der Waals surface area contributed by atoms with E-state index in [2.05, 4.69) is 23.1 Å². The van der Waals surface area contributed by atoms with Crippen LogP contribution >= 0.6 is 0 Å². The zero-order valence-corrected chi connectivity index (χ0v) is 15.3. The van der Waals surface area contributed by atoms with Gasteiger partial charge in [-0.25, -0.2) is 4.79 Å². The maximum Gasteiger partial charge on any atom is 0.319 e. The zero-order chi connectivity index (χ0) is 17.8. The van der Waals surface area contributed by atoms with E-state index < -0.39 is 0 Å². The summed E-state index contributed by atoms with van der Waals surface area (Å²) in [6.07, 6.45) is 1.51. The van der Waals surface area contributed by atoms with E-state index in [9.17, 15) is 9.59 Å². The molecule has 0 unspecified atom stereocenters. The minimum absolute atomic E-state index is 0.0720. The Balaban J connectivity index is 1.43. The second-order valence-corrected chi connectivity index (χ2v) is 7.09. The van der Waals surface area contributed by atoms with Gasteiger partial charge >= 0.3 is 6.03 Å². The number of amides is 3. The van der Waals surface area contributed by atoms with Gasteiger partial charge in [0.15, 0.2) is 0 Å². The molecule has 0 bridgehead atoms. The van der Waals surface area contributed by atoms with Gasteiger partial charge in [-0.05, 0) is 17.5 Å². The van der Waals surface area contributed by atoms with E-state index in [0.29, 0.717) is 6.42 Å². The number of hydrogen-bond donors (Lipinski definition) is 0. The van der Waals surface area contributed by atoms with Gasteiger partial charge in [-0.3, -0.25) is 9.69 Å². The monoisotopic (exact) mass is 344 g/mol. The molecule has 0 aromatic heterocycles. The normalized spacial score (nSPS) is 18.0. The molecule has 2 aliphatic rings. The van der Waals surface area contributed by atoms with Crippen LogP contribution in [0.25, 0.3) is 0 Å². The Morgan fingerprint density at radius 1 is 0.960 bits per heavy atom. The molecule has 25 heavy (non-hydrogen) atoms. The third kappa shape index (κ3) is 4.31. The van der Waals surface area contributed by atoms with Crippen LogP contribution in [0, 0.1) is 0 Å². The summed E-state index contributed by atoms with van der Waals surface area (Å²) in [6.45, 7) is 5.50. The summed E-state index contributed by atoms with van der Waals surface area (Å²) >= 11 is 0. The van der Waals surface area contributed by atoms with Gasteiger partial charge in [0.1, 0.15) is 0 Å². The van der Waals surface area contributed by atoms with E-state index in [-0.39, 0.29) is 11.9 Å². The Hall–Kier alpha value is -2.08. The van der Waals surface area contributed by atoms with Crippen molar-refractivity contribution < 1.29 is 9.59 Å². The van der Waals surface area contributed by atoms with E-state index in [1.165, 1.54) is 11.1 Å². The lowest BCUT2D eigenvalue weighted by atomic mass is 10.00. The highest BCUT2D eigenvalue weighted by Gasteiger charge is 2.24. The molecule has 0 N–H and O–H groups in total. The van der Waals surface area contributed by atoms with Gasteiger partial charge in [0.25, 0.3) is 0 Å². The third-order valence-electron chi connectivity index (χ3n) is 5.15. The van der Waals surface area contributed by atoms with Crippen molar-refractivity contribution in [2.45, 2.75) is 19.4 Å². The van der Waals surface area contributed by atoms with Gasteiger partial charge in [0, 0.05) is 66.3 Å². The summed E-state index contributed by atoms with van der Waals surface area (Å²) in [7, 11) is 3.56. The first-order chi connectivity index (χ1) is 12.0. The molecule has 3 rings (SSSR count). The minimum Gasteiger partial charge on any atom is -0.338 e. The van der Waals surface area contributed by atoms with E-state index in [0.717, 1.165) is 52.2 Å². The zero-order valence-electron chi connectivity index (χ0n) is 15.3. The number of rotatable bonds is 3. The number of hydrogen-bond acceptors (Lipinski definition) is 3. The van der Waals surface area contributed by atoms with Gasteiger partial charge < -0.3 is 14.7 Å². The molecule has 0 saturated carbocycles. The minimum atomic E-state index is 0.0720. The van der Waals surface area contributed by atoms with Crippen molar-refractivity contribution in [3.63, 3.8) is 0 Å². The molecule has 0 atom stereocenters. The van der Waals surface area contributed by atoms with E-state index in [1.54, 1.807) is 19.0 Å². The van der Waals surface area contributed by atoms with Crippen LogP contribution in [0.5, 0.6) is 0 Å². The second kappa shape index (κ2) is 7.87. The molecule has 0 spiro atoms. The molecule has 3 amide bonds. The van der Waals surface area contributed by atoms with Crippen molar-refractivity contribution >= 4 is 11.9 Å². The standard InChI is InChI=1S/C19H28N4O2/c1-20(2)19(25)22-13-11-21(12-14-22)9-8-18(24)23-10-7-16-5-3-4-6-17(16)15-23/h3-6H,7-15H2,1-2H3. The molecule has 136 valence electrons. The highest BCUT2D eigenvalue weighted by molar-refractivity contribution is 5.76. The summed E-state index contributed by atoms with van der Waals surface area (Å²) < 4.78 is 0. The lowest BCUT2D eigenvalue weighted by molar-refractivity contribution is -0.132. The Morgan fingerprint density at radius 2 is 1.64 bits per heavy atom. The average molecular weight is 344 g/mol. The summed E-state index contributed by atoms with van der Waals surface area (Å²) in [6, 6.07) is 8.46. The Kier molecular flexibility index (Phi) is 5.58. The number of nitrogens with zero attached hydrogens (tertiary/aromatic N) is 4. The maximum atomic E-state index is 12.5. The largest absolute Gasteiger partial charge is 0.338 e. The number of fused-ring (bicyclic) bond motifs is 1. The van der Waals surface area contributed by atoms with Gasteiger partial charge in [-0.1, -0.05) is 24.3 Å². The van der Waals surface area contributed by atoms with Crippen LogP contribution < -0.4 is 0 Å². The Bertz CT molecular complexity index is 624. The van der Waals surface area contributed by atoms with Crippen LogP contribution in [0.3, 0.4) is 0 Å². The first-order valence-electron chi connectivity index (χ1n) is 9.08. The van der Waals surface area contributed by atoms with Crippen LogP contribution in [-0.2, 0) is 17.8 Å². The fraction of sp³-hybridized carbons (Fsp3) is 0.579. The van der Waals surface area contributed by atoms with E-state index in [1.807, 2.05) is 15.9 Å². The molecule has 0 aliphatic carbocycles. The SMILES string of the molecule is CN(C)C(=O)N1CCN(CCC(=O)N2CCc3ccccc3C2)CC1. The van der Waals surface area contributed by atoms with Crippen LogP contribution in [-0.4, -0.2) is 84.9 Å². The van der Waals surface area contributed by atoms with Crippen molar-refractivity contribution in [3.8, 4) is 0 Å². The lowest BCUT2D eigenvalue weighted by Gasteiger charge is -2.36. The summed E-state index contributed by atoms with van der Waals surface area (Å²) in [5.74, 6) is 0.237. The number of carbonyl (C=O) groups excluding carboxylic acids is 2. The highest BCUT2D eigenvalue weighted by Crippen LogP contribution is 2.19. The maximum absolute atomic E-state index is 12.5. The Morgan fingerprint density at radius 3 is 2.32 bits per heavy atom. The topological polar surface area (TPSA) is 47.1 Å². The van der Waals surface area contributed by atoms with Crippen molar-refractivity contribution in [3.05, 3.63) is 35.4 Å². The fourth-order valence-electron chi connectivity index (χ4n) is 3.57. The van der Waals surface area contributed by atoms with Gasteiger partial charge in [-0.15, -0.1) is 0 Å². The molecule has 6 nitrogen and oxygen atoms in total. The molecule has 2 aliphatic heterocycles. The predicted molar refractivity (Wildman–Crippen MR) is 97.3 cm³/mol. The summed E-state index contributed by atoms with van der Waals surface area (Å²) in [4.78, 5) is 32.3. The van der Waals surface area contributed by atoms with Crippen LogP contribution in [0.4, 0.5) is 4.79 Å². The van der Waals surface area contributed by atoms with Gasteiger partial charge in [-0.2, -0.15) is 0 Å². The number of carbonyl (C=O) groups is 2. The smallest absolute Gasteiger partial charge is 0.319 e. The van der Waals surface area contributed by atoms with Crippen LogP contribution in [0.2, 0.25) is 0 Å². The molecular formula is C19H28N4O2. The van der Waals surface area contributed by atoms with Crippen molar-refractivity contribution in [1.82, 2.24) is 19.6 Å². The molecule has 0 radical (unpaired) electrons. The highest BCUT2D eigenvalue weighted by atomic mass is 16.2. The number of benzene rings is 1. The van der Waals surface area contributed by atoms with Gasteiger partial charge in [0.2, 0.25) is 5.91 Å². The molecule has 1 fully saturated rings. The first-order valence-corrected chi connectivity index (χ1v) is 9.08. The number of urea groups is 1. The molecule has 6 heteroatoms. The quantitative estimate of drug-likeness (QED) is 0.829. The van der Waals surface area contributed by atoms with E-state index >= 15 is 0 Å². The van der Waals surface area contributed by atoms with Crippen molar-refractivity contribution in [2.75, 3.05) is 53.4 Å². The first kappa shape index (κ1) is 17.7. The molecule has 1 aromatic carbocycles. The fourth-order valence-corrected chi connectivity index (χ4v) is 3.57. The van der Waals surface area contributed by atoms with E-state index in [4.69, 9.17) is 0 Å². The second-order valence-electron chi connectivity index (χ2n) is 7.09. The van der Waals surface area contributed by atoms with Crippen LogP contribution in [0.15, 0.2) is 24.3 Å². The summed E-state index contributed by atoms with van der Waals surface area (Å²) in [5, 5.41) is 0. The van der Waals surface area contributed by atoms with Gasteiger partial charge in [0.05, 0.1) is 0 Å². The summed E-state index contributed by atoms with van der Waals surface area (Å²) in [5.41, 5.74) is 2.64. The van der Waals surface area contributed by atoms with Crippen LogP contribution in [0.1, 0.15) is 17.5 Å². The molecule has 1 saturated heterocycles. The average Bonchev–Trinajstić information content (AvgIpc) is 2.65. The molecular weight excluding hydrogens is 316 g/mol. The van der Waals surface area contributed by atoms with Crippen molar-refractivity contribution in [1.29, 1.82) is 0 Å². The number of piperazine rings is 1. The molecule has 1 aromatic rings. The Labute approximate surface area is 150 Å². The lowest BCUT2D eigenvalue weighted by Crippen LogP contribution is -2.52. The molecule has 2 heterocycles. The predicted octanol–water partition coefficient (Wildman–Crippen LogP) is 1.26.